The molecule has 0 aliphatic carbocycles. The van der Waals surface area contributed by atoms with E-state index in [1.54, 1.807) is 0 Å². The second-order valence-corrected chi connectivity index (χ2v) is 7.41. The van der Waals surface area contributed by atoms with Crippen LogP contribution >= 0.6 is 0 Å². The first-order chi connectivity index (χ1) is 13.0. The minimum Gasteiger partial charge on any atom is -0.351 e. The Bertz CT molecular complexity index is 1140. The standard InChI is InChI=1S/C22H24N4O/c1-14(2)20(21-23-17-7-5-6-8-19(17)26(21)4)24-22(27)16-9-10-18-15(13-16)11-12-25(18)3/h5-14,20H,1-4H3,(H,24,27)/t20-/m0/s1. The SMILES string of the molecule is CC(C)[C@H](NC(=O)c1ccc2c(ccn2C)c1)c1nc2ccccc2n1C. The van der Waals surface area contributed by atoms with Crippen LogP contribution in [0.15, 0.2) is 54.7 Å². The van der Waals surface area contributed by atoms with Crippen LogP contribution in [-0.4, -0.2) is 20.0 Å². The van der Waals surface area contributed by atoms with Gasteiger partial charge in [0.2, 0.25) is 0 Å². The van der Waals surface area contributed by atoms with E-state index in [1.165, 1.54) is 0 Å². The van der Waals surface area contributed by atoms with Gasteiger partial charge in [0.15, 0.2) is 0 Å². The smallest absolute Gasteiger partial charge is 0.251 e. The predicted molar refractivity (Wildman–Crippen MR) is 109 cm³/mol. The lowest BCUT2D eigenvalue weighted by Crippen LogP contribution is -2.33. The maximum Gasteiger partial charge on any atom is 0.251 e. The van der Waals surface area contributed by atoms with E-state index in [0.29, 0.717) is 5.56 Å². The summed E-state index contributed by atoms with van der Waals surface area (Å²) in [5, 5.41) is 4.26. The highest BCUT2D eigenvalue weighted by Crippen LogP contribution is 2.25. The summed E-state index contributed by atoms with van der Waals surface area (Å²) in [6.07, 6.45) is 2.00. The Morgan fingerprint density at radius 2 is 1.81 bits per heavy atom. The fraction of sp³-hybridized carbons (Fsp3) is 0.273. The summed E-state index contributed by atoms with van der Waals surface area (Å²) in [5.41, 5.74) is 3.79. The van der Waals surface area contributed by atoms with Crippen molar-refractivity contribution in [3.63, 3.8) is 0 Å². The summed E-state index contributed by atoms with van der Waals surface area (Å²) in [7, 11) is 4.00. The molecule has 1 amide bonds. The van der Waals surface area contributed by atoms with Crippen molar-refractivity contribution in [3.8, 4) is 0 Å². The maximum atomic E-state index is 13.0. The van der Waals surface area contributed by atoms with Crippen molar-refractivity contribution in [1.82, 2.24) is 19.4 Å². The molecule has 0 bridgehead atoms. The van der Waals surface area contributed by atoms with Crippen LogP contribution in [0.4, 0.5) is 0 Å². The van der Waals surface area contributed by atoms with Gasteiger partial charge in [-0.15, -0.1) is 0 Å². The third kappa shape index (κ3) is 2.99. The molecule has 0 radical (unpaired) electrons. The monoisotopic (exact) mass is 360 g/mol. The highest BCUT2D eigenvalue weighted by Gasteiger charge is 2.24. The van der Waals surface area contributed by atoms with Gasteiger partial charge in [0, 0.05) is 36.8 Å². The van der Waals surface area contributed by atoms with Crippen molar-refractivity contribution in [3.05, 3.63) is 66.1 Å². The fourth-order valence-corrected chi connectivity index (χ4v) is 3.62. The number of nitrogens with one attached hydrogen (secondary N) is 1. The van der Waals surface area contributed by atoms with Gasteiger partial charge in [-0.3, -0.25) is 4.79 Å². The first kappa shape index (κ1) is 17.3. The summed E-state index contributed by atoms with van der Waals surface area (Å²) in [4.78, 5) is 17.7. The van der Waals surface area contributed by atoms with Crippen LogP contribution < -0.4 is 5.32 Å². The van der Waals surface area contributed by atoms with Gasteiger partial charge in [-0.2, -0.15) is 0 Å². The van der Waals surface area contributed by atoms with Crippen molar-refractivity contribution < 1.29 is 4.79 Å². The first-order valence-electron chi connectivity index (χ1n) is 9.23. The van der Waals surface area contributed by atoms with Crippen LogP contribution in [0.25, 0.3) is 21.9 Å². The normalized spacial score (nSPS) is 12.8. The largest absolute Gasteiger partial charge is 0.351 e. The van der Waals surface area contributed by atoms with Crippen molar-refractivity contribution in [2.75, 3.05) is 0 Å². The Morgan fingerprint density at radius 1 is 1.04 bits per heavy atom. The minimum absolute atomic E-state index is 0.0773. The molecule has 5 nitrogen and oxygen atoms in total. The lowest BCUT2D eigenvalue weighted by molar-refractivity contribution is 0.0922. The fourth-order valence-electron chi connectivity index (χ4n) is 3.62. The van der Waals surface area contributed by atoms with Gasteiger partial charge in [-0.1, -0.05) is 26.0 Å². The van der Waals surface area contributed by atoms with E-state index in [2.05, 4.69) is 23.7 Å². The molecule has 0 saturated carbocycles. The van der Waals surface area contributed by atoms with Crippen LogP contribution in [0.1, 0.15) is 36.1 Å². The van der Waals surface area contributed by atoms with Crippen LogP contribution in [0.3, 0.4) is 0 Å². The maximum absolute atomic E-state index is 13.0. The number of carbonyl (C=O) groups is 1. The molecule has 2 aromatic heterocycles. The van der Waals surface area contributed by atoms with Gasteiger partial charge < -0.3 is 14.5 Å². The number of fused-ring (bicyclic) bond motifs is 2. The Kier molecular flexibility index (Phi) is 4.22. The number of hydrogen-bond acceptors (Lipinski definition) is 2. The molecular weight excluding hydrogens is 336 g/mol. The molecule has 0 aliphatic rings. The summed E-state index contributed by atoms with van der Waals surface area (Å²) in [6, 6.07) is 15.7. The molecule has 0 aliphatic heterocycles. The molecule has 0 spiro atoms. The second-order valence-electron chi connectivity index (χ2n) is 7.41. The number of imidazole rings is 1. The van der Waals surface area contributed by atoms with Gasteiger partial charge in [0.25, 0.3) is 5.91 Å². The molecule has 4 rings (SSSR count). The molecule has 138 valence electrons. The first-order valence-corrected chi connectivity index (χ1v) is 9.23. The Labute approximate surface area is 158 Å². The lowest BCUT2D eigenvalue weighted by Gasteiger charge is -2.22. The van der Waals surface area contributed by atoms with Crippen molar-refractivity contribution in [2.45, 2.75) is 19.9 Å². The molecular formula is C22H24N4O. The molecule has 0 unspecified atom stereocenters. The van der Waals surface area contributed by atoms with E-state index in [9.17, 15) is 4.79 Å². The van der Waals surface area contributed by atoms with Crippen molar-refractivity contribution in [1.29, 1.82) is 0 Å². The minimum atomic E-state index is -0.165. The number of hydrogen-bond donors (Lipinski definition) is 1. The van der Waals surface area contributed by atoms with Gasteiger partial charge in [0.05, 0.1) is 17.1 Å². The number of amides is 1. The molecule has 1 atom stereocenters. The predicted octanol–water partition coefficient (Wildman–Crippen LogP) is 4.19. The average Bonchev–Trinajstić information content (AvgIpc) is 3.20. The van der Waals surface area contributed by atoms with E-state index in [4.69, 9.17) is 4.98 Å². The average molecular weight is 360 g/mol. The molecule has 27 heavy (non-hydrogen) atoms. The van der Waals surface area contributed by atoms with E-state index in [-0.39, 0.29) is 17.9 Å². The zero-order valence-electron chi connectivity index (χ0n) is 16.1. The second kappa shape index (κ2) is 6.58. The number of para-hydroxylation sites is 2. The zero-order chi connectivity index (χ0) is 19.1. The quantitative estimate of drug-likeness (QED) is 0.593. The summed E-state index contributed by atoms with van der Waals surface area (Å²) in [6.45, 7) is 4.20. The van der Waals surface area contributed by atoms with Crippen LogP contribution in [0.2, 0.25) is 0 Å². The zero-order valence-corrected chi connectivity index (χ0v) is 16.1. The molecule has 1 N–H and O–H groups in total. The third-order valence-electron chi connectivity index (χ3n) is 5.20. The van der Waals surface area contributed by atoms with Crippen LogP contribution in [0, 0.1) is 5.92 Å². The van der Waals surface area contributed by atoms with Gasteiger partial charge in [0.1, 0.15) is 5.82 Å². The number of aromatic nitrogens is 3. The molecule has 0 fully saturated rings. The Balaban J connectivity index is 1.67. The van der Waals surface area contributed by atoms with E-state index >= 15 is 0 Å². The topological polar surface area (TPSA) is 51.9 Å². The number of nitrogens with zero attached hydrogens (tertiary/aromatic N) is 3. The van der Waals surface area contributed by atoms with Gasteiger partial charge in [-0.05, 0) is 42.3 Å². The Morgan fingerprint density at radius 3 is 2.56 bits per heavy atom. The summed E-state index contributed by atoms with van der Waals surface area (Å²) < 4.78 is 4.12. The van der Waals surface area contributed by atoms with Crippen LogP contribution in [0.5, 0.6) is 0 Å². The lowest BCUT2D eigenvalue weighted by atomic mass is 10.0. The molecule has 5 heteroatoms. The summed E-state index contributed by atoms with van der Waals surface area (Å²) in [5.74, 6) is 1.01. The number of carbonyl (C=O) groups excluding carboxylic acids is 1. The number of aryl methyl sites for hydroxylation is 2. The highest BCUT2D eigenvalue weighted by atomic mass is 16.1. The van der Waals surface area contributed by atoms with Crippen LogP contribution in [-0.2, 0) is 14.1 Å². The molecule has 4 aromatic rings. The van der Waals surface area contributed by atoms with Crippen molar-refractivity contribution >= 4 is 27.8 Å². The summed E-state index contributed by atoms with van der Waals surface area (Å²) >= 11 is 0. The Hall–Kier alpha value is -3.08. The van der Waals surface area contributed by atoms with E-state index in [1.807, 2.05) is 73.4 Å². The van der Waals surface area contributed by atoms with Crippen molar-refractivity contribution in [2.24, 2.45) is 20.0 Å². The highest BCUT2D eigenvalue weighted by molar-refractivity contribution is 5.98. The molecule has 2 heterocycles. The third-order valence-corrected chi connectivity index (χ3v) is 5.20. The number of benzene rings is 2. The van der Waals surface area contributed by atoms with E-state index in [0.717, 1.165) is 27.8 Å². The molecule has 0 saturated heterocycles. The molecule has 2 aromatic carbocycles. The van der Waals surface area contributed by atoms with E-state index < -0.39 is 0 Å². The van der Waals surface area contributed by atoms with Gasteiger partial charge >= 0.3 is 0 Å². The van der Waals surface area contributed by atoms with Gasteiger partial charge in [-0.25, -0.2) is 4.98 Å². The number of rotatable bonds is 4.